The Morgan fingerprint density at radius 3 is 1.56 bits per heavy atom. The van der Waals surface area contributed by atoms with Crippen molar-refractivity contribution in [2.75, 3.05) is 6.61 Å². The van der Waals surface area contributed by atoms with Crippen LogP contribution in [0.2, 0.25) is 0 Å². The molecule has 0 aliphatic carbocycles. The molecule has 0 radical (unpaired) electrons. The van der Waals surface area contributed by atoms with E-state index in [4.69, 9.17) is 4.74 Å². The van der Waals surface area contributed by atoms with Crippen LogP contribution >= 0.6 is 0 Å². The molecule has 0 heterocycles. The van der Waals surface area contributed by atoms with E-state index in [9.17, 15) is 9.90 Å². The van der Waals surface area contributed by atoms with Crippen LogP contribution in [0.3, 0.4) is 0 Å². The second kappa shape index (κ2) is 8.27. The van der Waals surface area contributed by atoms with Crippen LogP contribution in [0.4, 0.5) is 0 Å². The lowest BCUT2D eigenvalue weighted by Crippen LogP contribution is -2.20. The maximum Gasteiger partial charge on any atom is 0.318 e. The summed E-state index contributed by atoms with van der Waals surface area (Å²) in [5, 5.41) is 10.2. The van der Waals surface area contributed by atoms with Gasteiger partial charge in [-0.05, 0) is 16.7 Å². The Kier molecular flexibility index (Phi) is 5.60. The summed E-state index contributed by atoms with van der Waals surface area (Å²) in [6.45, 7) is -0.0704. The van der Waals surface area contributed by atoms with Gasteiger partial charge in [0, 0.05) is 0 Å². The molecule has 25 heavy (non-hydrogen) atoms. The number of aliphatic hydroxyl groups excluding tert-OH is 1. The molecule has 0 amide bonds. The van der Waals surface area contributed by atoms with Crippen molar-refractivity contribution in [1.82, 2.24) is 0 Å². The van der Waals surface area contributed by atoms with Gasteiger partial charge in [0.25, 0.3) is 0 Å². The van der Waals surface area contributed by atoms with E-state index in [-0.39, 0.29) is 12.6 Å². The lowest BCUT2D eigenvalue weighted by Gasteiger charge is -2.18. The van der Waals surface area contributed by atoms with E-state index in [1.165, 1.54) is 0 Å². The Hall–Kier alpha value is -2.91. The van der Waals surface area contributed by atoms with Crippen molar-refractivity contribution in [2.24, 2.45) is 0 Å². The smallest absolute Gasteiger partial charge is 0.318 e. The van der Waals surface area contributed by atoms with Crippen molar-refractivity contribution in [3.8, 4) is 0 Å². The number of esters is 1. The first kappa shape index (κ1) is 16.9. The fourth-order valence-electron chi connectivity index (χ4n) is 2.77. The van der Waals surface area contributed by atoms with Gasteiger partial charge in [0.1, 0.15) is 18.6 Å². The van der Waals surface area contributed by atoms with Gasteiger partial charge < -0.3 is 9.84 Å². The third-order valence-electron chi connectivity index (χ3n) is 4.07. The number of hydrogen-bond acceptors (Lipinski definition) is 3. The minimum absolute atomic E-state index is 0.0704. The third-order valence-corrected chi connectivity index (χ3v) is 4.07. The van der Waals surface area contributed by atoms with Gasteiger partial charge in [-0.25, -0.2) is 0 Å². The minimum Gasteiger partial charge on any atom is -0.462 e. The SMILES string of the molecule is O=C(OCC(O)c1ccccc1)C(c1ccccc1)c1ccccc1. The third kappa shape index (κ3) is 4.34. The number of benzene rings is 3. The molecular weight excluding hydrogens is 312 g/mol. The summed E-state index contributed by atoms with van der Waals surface area (Å²) in [6.07, 6.45) is -0.836. The van der Waals surface area contributed by atoms with Crippen LogP contribution in [0, 0.1) is 0 Å². The lowest BCUT2D eigenvalue weighted by atomic mass is 9.91. The normalized spacial score (nSPS) is 11.9. The van der Waals surface area contributed by atoms with Gasteiger partial charge in [0.15, 0.2) is 0 Å². The molecule has 3 heteroatoms. The second-order valence-electron chi connectivity index (χ2n) is 5.81. The summed E-state index contributed by atoms with van der Waals surface area (Å²) < 4.78 is 5.44. The first-order valence-electron chi connectivity index (χ1n) is 8.25. The van der Waals surface area contributed by atoms with E-state index < -0.39 is 12.0 Å². The molecule has 126 valence electrons. The van der Waals surface area contributed by atoms with Crippen LogP contribution in [-0.2, 0) is 9.53 Å². The molecule has 0 aliphatic rings. The lowest BCUT2D eigenvalue weighted by molar-refractivity contribution is -0.147. The van der Waals surface area contributed by atoms with Crippen LogP contribution < -0.4 is 0 Å². The van der Waals surface area contributed by atoms with Gasteiger partial charge in [0.2, 0.25) is 0 Å². The zero-order valence-electron chi connectivity index (χ0n) is 13.8. The standard InChI is InChI=1S/C22H20O3/c23-20(17-10-4-1-5-11-17)16-25-22(24)21(18-12-6-2-7-13-18)19-14-8-3-9-15-19/h1-15,20-21,23H,16H2. The predicted octanol–water partition coefficient (Wildman–Crippen LogP) is 4.10. The molecule has 0 bridgehead atoms. The molecule has 3 aromatic rings. The first-order chi connectivity index (χ1) is 12.3. The maximum absolute atomic E-state index is 12.7. The first-order valence-corrected chi connectivity index (χ1v) is 8.25. The van der Waals surface area contributed by atoms with E-state index in [1.807, 2.05) is 91.0 Å². The average Bonchev–Trinajstić information content (AvgIpc) is 2.69. The fourth-order valence-corrected chi connectivity index (χ4v) is 2.77. The highest BCUT2D eigenvalue weighted by molar-refractivity contribution is 5.82. The maximum atomic E-state index is 12.7. The van der Waals surface area contributed by atoms with E-state index in [0.717, 1.165) is 16.7 Å². The monoisotopic (exact) mass is 332 g/mol. The van der Waals surface area contributed by atoms with Crippen molar-refractivity contribution in [3.63, 3.8) is 0 Å². The summed E-state index contributed by atoms with van der Waals surface area (Å²) in [4.78, 5) is 12.7. The van der Waals surface area contributed by atoms with Gasteiger partial charge in [-0.2, -0.15) is 0 Å². The fraction of sp³-hybridized carbons (Fsp3) is 0.136. The number of carbonyl (C=O) groups excluding carboxylic acids is 1. The molecule has 0 saturated heterocycles. The Balaban J connectivity index is 1.76. The largest absolute Gasteiger partial charge is 0.462 e. The van der Waals surface area contributed by atoms with Crippen molar-refractivity contribution >= 4 is 5.97 Å². The summed E-state index contributed by atoms with van der Waals surface area (Å²) in [5.74, 6) is -0.877. The van der Waals surface area contributed by atoms with E-state index in [0.29, 0.717) is 0 Å². The zero-order chi connectivity index (χ0) is 17.5. The molecule has 0 spiro atoms. The Labute approximate surface area is 147 Å². The summed E-state index contributed by atoms with van der Waals surface area (Å²) >= 11 is 0. The van der Waals surface area contributed by atoms with Gasteiger partial charge in [0.05, 0.1) is 0 Å². The Morgan fingerprint density at radius 2 is 1.12 bits per heavy atom. The van der Waals surface area contributed by atoms with E-state index >= 15 is 0 Å². The molecule has 0 saturated carbocycles. The highest BCUT2D eigenvalue weighted by atomic mass is 16.5. The highest BCUT2D eigenvalue weighted by Gasteiger charge is 2.25. The molecule has 3 aromatic carbocycles. The number of ether oxygens (including phenoxy) is 1. The van der Waals surface area contributed by atoms with Gasteiger partial charge in [-0.15, -0.1) is 0 Å². The van der Waals surface area contributed by atoms with E-state index in [1.54, 1.807) is 0 Å². The second-order valence-corrected chi connectivity index (χ2v) is 5.81. The van der Waals surface area contributed by atoms with Crippen molar-refractivity contribution in [2.45, 2.75) is 12.0 Å². The van der Waals surface area contributed by atoms with Crippen LogP contribution in [0.1, 0.15) is 28.7 Å². The van der Waals surface area contributed by atoms with Crippen LogP contribution in [0.15, 0.2) is 91.0 Å². The summed E-state index contributed by atoms with van der Waals surface area (Å²) in [5.41, 5.74) is 2.46. The molecule has 0 aromatic heterocycles. The average molecular weight is 332 g/mol. The number of carbonyl (C=O) groups is 1. The Bertz CT molecular complexity index is 746. The van der Waals surface area contributed by atoms with Gasteiger partial charge in [-0.1, -0.05) is 91.0 Å². The molecule has 1 atom stereocenters. The van der Waals surface area contributed by atoms with Crippen LogP contribution in [0.5, 0.6) is 0 Å². The molecule has 0 aliphatic heterocycles. The molecule has 1 unspecified atom stereocenters. The summed E-state index contributed by atoms with van der Waals surface area (Å²) in [7, 11) is 0. The molecular formula is C22H20O3. The van der Waals surface area contributed by atoms with Crippen LogP contribution in [0.25, 0.3) is 0 Å². The minimum atomic E-state index is -0.836. The molecule has 3 rings (SSSR count). The van der Waals surface area contributed by atoms with Crippen molar-refractivity contribution in [1.29, 1.82) is 0 Å². The summed E-state index contributed by atoms with van der Waals surface area (Å²) in [6, 6.07) is 28.2. The quantitative estimate of drug-likeness (QED) is 0.692. The zero-order valence-corrected chi connectivity index (χ0v) is 13.8. The molecule has 3 nitrogen and oxygen atoms in total. The van der Waals surface area contributed by atoms with Crippen molar-refractivity contribution < 1.29 is 14.6 Å². The predicted molar refractivity (Wildman–Crippen MR) is 97.1 cm³/mol. The van der Waals surface area contributed by atoms with E-state index in [2.05, 4.69) is 0 Å². The Morgan fingerprint density at radius 1 is 0.720 bits per heavy atom. The van der Waals surface area contributed by atoms with Crippen molar-refractivity contribution in [3.05, 3.63) is 108 Å². The molecule has 1 N–H and O–H groups in total. The topological polar surface area (TPSA) is 46.5 Å². The van der Waals surface area contributed by atoms with Crippen LogP contribution in [-0.4, -0.2) is 17.7 Å². The number of hydrogen-bond donors (Lipinski definition) is 1. The number of aliphatic hydroxyl groups is 1. The van der Waals surface area contributed by atoms with Gasteiger partial charge >= 0.3 is 5.97 Å². The molecule has 0 fully saturated rings. The number of rotatable bonds is 6. The highest BCUT2D eigenvalue weighted by Crippen LogP contribution is 2.26. The van der Waals surface area contributed by atoms with Gasteiger partial charge in [-0.3, -0.25) is 4.79 Å².